The minimum Gasteiger partial charge on any atom is -0.487 e. The van der Waals surface area contributed by atoms with Crippen LogP contribution < -0.4 is 10.5 Å². The number of halogens is 1. The third-order valence-corrected chi connectivity index (χ3v) is 3.05. The van der Waals surface area contributed by atoms with Crippen molar-refractivity contribution in [3.63, 3.8) is 0 Å². The number of nitrogens with two attached hydrogens (primary N) is 1. The maximum Gasteiger partial charge on any atom is 0.155 e. The van der Waals surface area contributed by atoms with Gasteiger partial charge in [-0.2, -0.15) is 5.26 Å². The van der Waals surface area contributed by atoms with E-state index < -0.39 is 0 Å². The Kier molecular flexibility index (Phi) is 5.51. The highest BCUT2D eigenvalue weighted by Gasteiger charge is 2.12. The third-order valence-electron chi connectivity index (χ3n) is 2.25. The Morgan fingerprint density at radius 1 is 1.53 bits per heavy atom. The number of nitrogens with zero attached hydrogens (tertiary/aromatic N) is 1. The molecular weight excluding hydrogens is 331 g/mol. The zero-order chi connectivity index (χ0) is 12.8. The summed E-state index contributed by atoms with van der Waals surface area (Å²) in [6.07, 6.45) is 0.824. The summed E-state index contributed by atoms with van der Waals surface area (Å²) < 4.78 is 11.6. The van der Waals surface area contributed by atoms with Gasteiger partial charge in [-0.05, 0) is 41.6 Å². The summed E-state index contributed by atoms with van der Waals surface area (Å²) in [4.78, 5) is 0. The van der Waals surface area contributed by atoms with Gasteiger partial charge in [-0.15, -0.1) is 0 Å². The molecule has 0 aromatic heterocycles. The molecule has 1 aromatic rings. The van der Waals surface area contributed by atoms with Gasteiger partial charge in [-0.1, -0.05) is 0 Å². The van der Waals surface area contributed by atoms with Crippen LogP contribution in [0.5, 0.6) is 5.75 Å². The quantitative estimate of drug-likeness (QED) is 0.657. The average Bonchev–Trinajstić information content (AvgIpc) is 2.30. The molecule has 0 aliphatic heterocycles. The Morgan fingerprint density at radius 2 is 2.24 bits per heavy atom. The molecule has 0 spiro atoms. The lowest BCUT2D eigenvalue weighted by atomic mass is 10.2. The largest absolute Gasteiger partial charge is 0.487 e. The normalized spacial score (nSPS) is 11.9. The molecule has 0 radical (unpaired) electrons. The summed E-state index contributed by atoms with van der Waals surface area (Å²) in [6.45, 7) is 2.61. The molecule has 1 unspecified atom stereocenters. The van der Waals surface area contributed by atoms with Gasteiger partial charge in [0.1, 0.15) is 0 Å². The first-order valence-electron chi connectivity index (χ1n) is 5.23. The molecule has 17 heavy (non-hydrogen) atoms. The Bertz CT molecular complexity index is 406. The number of anilines is 1. The Morgan fingerprint density at radius 3 is 2.76 bits per heavy atom. The molecule has 0 heterocycles. The van der Waals surface area contributed by atoms with E-state index in [0.717, 1.165) is 9.99 Å². The molecule has 5 heteroatoms. The van der Waals surface area contributed by atoms with E-state index in [0.29, 0.717) is 23.6 Å². The van der Waals surface area contributed by atoms with Crippen molar-refractivity contribution in [3.8, 4) is 11.8 Å². The van der Waals surface area contributed by atoms with Crippen LogP contribution >= 0.6 is 22.6 Å². The van der Waals surface area contributed by atoms with Gasteiger partial charge in [0, 0.05) is 20.1 Å². The first-order valence-corrected chi connectivity index (χ1v) is 6.31. The van der Waals surface area contributed by atoms with Crippen LogP contribution in [0.4, 0.5) is 5.69 Å². The topological polar surface area (TPSA) is 68.3 Å². The molecule has 0 saturated heterocycles. The van der Waals surface area contributed by atoms with E-state index in [4.69, 9.17) is 20.5 Å². The van der Waals surface area contributed by atoms with Crippen LogP contribution in [0.3, 0.4) is 0 Å². The van der Waals surface area contributed by atoms with Crippen LogP contribution in [0, 0.1) is 14.9 Å². The van der Waals surface area contributed by atoms with Crippen LogP contribution in [-0.4, -0.2) is 19.8 Å². The number of rotatable bonds is 5. The van der Waals surface area contributed by atoms with E-state index in [1.165, 1.54) is 0 Å². The lowest BCUT2D eigenvalue weighted by Gasteiger charge is -2.17. The Hall–Kier alpha value is -1.00. The molecule has 0 aliphatic carbocycles. The summed E-state index contributed by atoms with van der Waals surface area (Å²) in [5, 5.41) is 8.81. The van der Waals surface area contributed by atoms with Crippen LogP contribution in [-0.2, 0) is 4.74 Å². The Labute approximate surface area is 115 Å². The van der Waals surface area contributed by atoms with Gasteiger partial charge >= 0.3 is 0 Å². The maximum atomic E-state index is 8.81. The van der Waals surface area contributed by atoms with Crippen molar-refractivity contribution in [2.24, 2.45) is 0 Å². The van der Waals surface area contributed by atoms with Gasteiger partial charge < -0.3 is 15.2 Å². The number of nitrogen functional groups attached to an aromatic ring is 1. The molecule has 1 aromatic carbocycles. The van der Waals surface area contributed by atoms with E-state index in [1.807, 2.05) is 6.92 Å². The molecular formula is C12H15IN2O2. The van der Waals surface area contributed by atoms with E-state index >= 15 is 0 Å². The smallest absolute Gasteiger partial charge is 0.155 e. The van der Waals surface area contributed by atoms with E-state index in [1.54, 1.807) is 19.2 Å². The summed E-state index contributed by atoms with van der Waals surface area (Å²) in [5.41, 5.74) is 6.91. The first-order chi connectivity index (χ1) is 8.08. The highest BCUT2D eigenvalue weighted by Crippen LogP contribution is 2.30. The van der Waals surface area contributed by atoms with E-state index in [2.05, 4.69) is 28.7 Å². The van der Waals surface area contributed by atoms with Crippen LogP contribution in [0.2, 0.25) is 0 Å². The summed E-state index contributed by atoms with van der Waals surface area (Å²) >= 11 is 2.12. The molecule has 0 saturated carbocycles. The number of methoxy groups -OCH3 is 1. The molecule has 4 nitrogen and oxygen atoms in total. The van der Waals surface area contributed by atoms with E-state index in [-0.39, 0.29) is 6.10 Å². The molecule has 0 aliphatic rings. The van der Waals surface area contributed by atoms with Crippen molar-refractivity contribution in [1.29, 1.82) is 5.26 Å². The lowest BCUT2D eigenvalue weighted by Crippen LogP contribution is -2.15. The van der Waals surface area contributed by atoms with Gasteiger partial charge in [-0.25, -0.2) is 0 Å². The van der Waals surface area contributed by atoms with Gasteiger partial charge in [0.15, 0.2) is 5.75 Å². The van der Waals surface area contributed by atoms with Crippen molar-refractivity contribution in [2.75, 3.05) is 19.5 Å². The van der Waals surface area contributed by atoms with Crippen molar-refractivity contribution in [3.05, 3.63) is 21.3 Å². The minimum absolute atomic E-state index is 0.0266. The first kappa shape index (κ1) is 14.1. The fraction of sp³-hybridized carbons (Fsp3) is 0.417. The average molecular weight is 346 g/mol. The summed E-state index contributed by atoms with van der Waals surface area (Å²) in [5.74, 6) is 0.646. The Balaban J connectivity index is 2.81. The van der Waals surface area contributed by atoms with Gasteiger partial charge in [0.05, 0.1) is 27.0 Å². The highest BCUT2D eigenvalue weighted by atomic mass is 127. The van der Waals surface area contributed by atoms with E-state index in [9.17, 15) is 0 Å². The number of nitriles is 1. The van der Waals surface area contributed by atoms with Crippen LogP contribution in [0.1, 0.15) is 18.9 Å². The predicted octanol–water partition coefficient (Wildman–Crippen LogP) is 2.55. The van der Waals surface area contributed by atoms with Crippen molar-refractivity contribution >= 4 is 28.3 Å². The number of hydrogen-bond donors (Lipinski definition) is 1. The molecule has 92 valence electrons. The zero-order valence-corrected chi connectivity index (χ0v) is 12.0. The predicted molar refractivity (Wildman–Crippen MR) is 74.9 cm³/mol. The molecule has 0 amide bonds. The minimum atomic E-state index is 0.0266. The molecule has 1 rings (SSSR count). The zero-order valence-electron chi connectivity index (χ0n) is 9.87. The van der Waals surface area contributed by atoms with Crippen molar-refractivity contribution < 1.29 is 9.47 Å². The summed E-state index contributed by atoms with van der Waals surface area (Å²) in [7, 11) is 1.66. The summed E-state index contributed by atoms with van der Waals surface area (Å²) in [6, 6.07) is 5.45. The second kappa shape index (κ2) is 6.67. The maximum absolute atomic E-state index is 8.81. The molecule has 1 atom stereocenters. The number of hydrogen-bond acceptors (Lipinski definition) is 4. The van der Waals surface area contributed by atoms with Gasteiger partial charge in [0.2, 0.25) is 0 Å². The van der Waals surface area contributed by atoms with Crippen LogP contribution in [0.15, 0.2) is 12.1 Å². The number of benzene rings is 1. The highest BCUT2D eigenvalue weighted by molar-refractivity contribution is 14.1. The van der Waals surface area contributed by atoms with Crippen molar-refractivity contribution in [1.82, 2.24) is 0 Å². The molecule has 0 fully saturated rings. The lowest BCUT2D eigenvalue weighted by molar-refractivity contribution is 0.135. The number of ether oxygens (including phenoxy) is 2. The van der Waals surface area contributed by atoms with Gasteiger partial charge in [-0.3, -0.25) is 0 Å². The second-order valence-corrected chi connectivity index (χ2v) is 4.86. The fourth-order valence-corrected chi connectivity index (χ4v) is 2.12. The fourth-order valence-electron chi connectivity index (χ4n) is 1.35. The SMILES string of the molecule is COCCC(C)Oc1c(N)cc(C#N)cc1I. The third kappa shape index (κ3) is 4.06. The second-order valence-electron chi connectivity index (χ2n) is 3.70. The molecule has 2 N–H and O–H groups in total. The van der Waals surface area contributed by atoms with Gasteiger partial charge in [0.25, 0.3) is 0 Å². The van der Waals surface area contributed by atoms with Crippen molar-refractivity contribution in [2.45, 2.75) is 19.4 Å². The van der Waals surface area contributed by atoms with Crippen LogP contribution in [0.25, 0.3) is 0 Å². The monoisotopic (exact) mass is 346 g/mol. The molecule has 0 bridgehead atoms. The standard InChI is InChI=1S/C12H15IN2O2/c1-8(3-4-16-2)17-12-10(13)5-9(7-14)6-11(12)15/h5-6,8H,3-4,15H2,1-2H3.